The number of rotatable bonds is 2. The summed E-state index contributed by atoms with van der Waals surface area (Å²) in [5, 5.41) is 2.76. The lowest BCUT2D eigenvalue weighted by molar-refractivity contribution is 1.26. The molecule has 1 aromatic rings. The van der Waals surface area contributed by atoms with Crippen LogP contribution in [0.1, 0.15) is 19.5 Å². The third-order valence-electron chi connectivity index (χ3n) is 1.31. The van der Waals surface area contributed by atoms with Crippen molar-refractivity contribution in [1.82, 2.24) is 4.98 Å². The topological polar surface area (TPSA) is 42.3 Å². The molecule has 0 aliphatic rings. The molecule has 0 radical (unpaired) electrons. The number of aromatic nitrogens is 1. The Hall–Kier alpha value is -1.51. The molecule has 3 nitrogen and oxygen atoms in total. The van der Waals surface area contributed by atoms with Crippen molar-refractivity contribution in [2.45, 2.75) is 13.8 Å². The van der Waals surface area contributed by atoms with Crippen molar-refractivity contribution >= 4 is 11.8 Å². The van der Waals surface area contributed by atoms with Gasteiger partial charge in [-0.15, -0.1) is 4.91 Å². The van der Waals surface area contributed by atoms with E-state index >= 15 is 0 Å². The summed E-state index contributed by atoms with van der Waals surface area (Å²) in [7, 11) is 0. The molecule has 0 atom stereocenters. The van der Waals surface area contributed by atoms with E-state index in [1.54, 1.807) is 12.1 Å². The highest BCUT2D eigenvalue weighted by atomic mass is 16.3. The van der Waals surface area contributed by atoms with Gasteiger partial charge in [0, 0.05) is 0 Å². The van der Waals surface area contributed by atoms with Crippen LogP contribution in [0.5, 0.6) is 0 Å². The molecular formula is C9H10N2O. The molecule has 1 heterocycles. The van der Waals surface area contributed by atoms with Crippen LogP contribution >= 0.6 is 0 Å². The first-order chi connectivity index (χ1) is 5.72. The molecule has 1 rings (SSSR count). The first-order valence-electron chi connectivity index (χ1n) is 3.66. The summed E-state index contributed by atoms with van der Waals surface area (Å²) in [5.41, 5.74) is 2.39. The zero-order chi connectivity index (χ0) is 8.97. The van der Waals surface area contributed by atoms with Gasteiger partial charge in [-0.25, -0.2) is 0 Å². The van der Waals surface area contributed by atoms with Crippen LogP contribution in [0.3, 0.4) is 0 Å². The second-order valence-electron chi connectivity index (χ2n) is 2.75. The Balaban J connectivity index is 2.92. The van der Waals surface area contributed by atoms with Gasteiger partial charge in [0.15, 0.2) is 0 Å². The van der Waals surface area contributed by atoms with E-state index in [9.17, 15) is 4.91 Å². The zero-order valence-corrected chi connectivity index (χ0v) is 7.11. The van der Waals surface area contributed by atoms with E-state index in [-0.39, 0.29) is 0 Å². The maximum absolute atomic E-state index is 10.0. The lowest BCUT2D eigenvalue weighted by atomic mass is 10.2. The minimum absolute atomic E-state index is 0.362. The quantitative estimate of drug-likeness (QED) is 0.627. The van der Waals surface area contributed by atoms with Gasteiger partial charge in [0.1, 0.15) is 5.69 Å². The predicted octanol–water partition coefficient (Wildman–Crippen LogP) is 2.90. The Morgan fingerprint density at radius 3 is 2.67 bits per heavy atom. The molecule has 0 amide bonds. The summed E-state index contributed by atoms with van der Waals surface area (Å²) < 4.78 is 0. The van der Waals surface area contributed by atoms with Crippen LogP contribution in [-0.2, 0) is 0 Å². The Morgan fingerprint density at radius 2 is 2.25 bits per heavy atom. The standard InChI is InChI=1S/C9H10N2O/c1-7(2)5-8-3-4-9(11-12)6-10-8/h3-6H,1-2H3. The molecule has 0 unspecified atom stereocenters. The zero-order valence-electron chi connectivity index (χ0n) is 7.11. The lowest BCUT2D eigenvalue weighted by Crippen LogP contribution is -1.78. The molecule has 1 aromatic heterocycles. The van der Waals surface area contributed by atoms with Gasteiger partial charge in [-0.3, -0.25) is 4.98 Å². The second-order valence-corrected chi connectivity index (χ2v) is 2.75. The van der Waals surface area contributed by atoms with E-state index in [2.05, 4.69) is 10.2 Å². The SMILES string of the molecule is CC(C)=Cc1ccc(N=O)cn1. The molecule has 0 bridgehead atoms. The predicted molar refractivity (Wildman–Crippen MR) is 49.0 cm³/mol. The molecule has 3 heteroatoms. The number of pyridine rings is 1. The van der Waals surface area contributed by atoms with Crippen molar-refractivity contribution < 1.29 is 0 Å². The van der Waals surface area contributed by atoms with Gasteiger partial charge >= 0.3 is 0 Å². The number of nitrogens with zero attached hydrogens (tertiary/aromatic N) is 2. The fourth-order valence-electron chi connectivity index (χ4n) is 0.833. The largest absolute Gasteiger partial charge is 0.255 e. The molecule has 0 aliphatic heterocycles. The van der Waals surface area contributed by atoms with Gasteiger partial charge in [-0.05, 0) is 37.2 Å². The number of allylic oxidation sites excluding steroid dienone is 1. The van der Waals surface area contributed by atoms with Crippen molar-refractivity contribution in [3.8, 4) is 0 Å². The first-order valence-corrected chi connectivity index (χ1v) is 3.66. The van der Waals surface area contributed by atoms with Crippen molar-refractivity contribution in [3.05, 3.63) is 34.5 Å². The fraction of sp³-hybridized carbons (Fsp3) is 0.222. The summed E-state index contributed by atoms with van der Waals surface area (Å²) in [6.45, 7) is 3.99. The van der Waals surface area contributed by atoms with Crippen LogP contribution in [0.15, 0.2) is 29.1 Å². The monoisotopic (exact) mass is 162 g/mol. The summed E-state index contributed by atoms with van der Waals surface area (Å²) >= 11 is 0. The normalized spacial score (nSPS) is 9.17. The smallest absolute Gasteiger partial charge is 0.126 e. The molecule has 0 aromatic carbocycles. The van der Waals surface area contributed by atoms with Gasteiger partial charge in [-0.2, -0.15) is 0 Å². The van der Waals surface area contributed by atoms with Crippen LogP contribution < -0.4 is 0 Å². The lowest BCUT2D eigenvalue weighted by Gasteiger charge is -1.93. The fourth-order valence-corrected chi connectivity index (χ4v) is 0.833. The third kappa shape index (κ3) is 2.27. The summed E-state index contributed by atoms with van der Waals surface area (Å²) in [5.74, 6) is 0. The molecule has 12 heavy (non-hydrogen) atoms. The van der Waals surface area contributed by atoms with Gasteiger partial charge in [0.2, 0.25) is 0 Å². The maximum atomic E-state index is 10.0. The second kappa shape index (κ2) is 3.76. The summed E-state index contributed by atoms with van der Waals surface area (Å²) in [4.78, 5) is 14.1. The van der Waals surface area contributed by atoms with Crippen molar-refractivity contribution in [1.29, 1.82) is 0 Å². The van der Waals surface area contributed by atoms with E-state index < -0.39 is 0 Å². The molecule has 0 saturated carbocycles. The number of hydrogen-bond acceptors (Lipinski definition) is 3. The Labute approximate surface area is 71.1 Å². The average Bonchev–Trinajstić information content (AvgIpc) is 2.05. The Bertz CT molecular complexity index is 297. The van der Waals surface area contributed by atoms with E-state index in [1.807, 2.05) is 19.9 Å². The Morgan fingerprint density at radius 1 is 1.50 bits per heavy atom. The molecule has 0 spiro atoms. The van der Waals surface area contributed by atoms with E-state index in [0.29, 0.717) is 5.69 Å². The van der Waals surface area contributed by atoms with Crippen LogP contribution in [0.25, 0.3) is 6.08 Å². The van der Waals surface area contributed by atoms with Gasteiger partial charge in [0.25, 0.3) is 0 Å². The molecule has 62 valence electrons. The summed E-state index contributed by atoms with van der Waals surface area (Å²) in [6, 6.07) is 3.42. The highest BCUT2D eigenvalue weighted by molar-refractivity contribution is 5.49. The highest BCUT2D eigenvalue weighted by Gasteiger charge is 1.91. The molecular weight excluding hydrogens is 152 g/mol. The van der Waals surface area contributed by atoms with Crippen LogP contribution in [0.4, 0.5) is 5.69 Å². The minimum Gasteiger partial charge on any atom is -0.255 e. The van der Waals surface area contributed by atoms with E-state index in [4.69, 9.17) is 0 Å². The van der Waals surface area contributed by atoms with Crippen LogP contribution in [0, 0.1) is 4.91 Å². The van der Waals surface area contributed by atoms with Gasteiger partial charge < -0.3 is 0 Å². The van der Waals surface area contributed by atoms with E-state index in [1.165, 1.54) is 11.8 Å². The third-order valence-corrected chi connectivity index (χ3v) is 1.31. The minimum atomic E-state index is 0.362. The van der Waals surface area contributed by atoms with Crippen molar-refractivity contribution in [2.75, 3.05) is 0 Å². The van der Waals surface area contributed by atoms with Gasteiger partial charge in [0.05, 0.1) is 11.9 Å². The average molecular weight is 162 g/mol. The van der Waals surface area contributed by atoms with E-state index in [0.717, 1.165) is 5.69 Å². The maximum Gasteiger partial charge on any atom is 0.126 e. The molecule has 0 aliphatic carbocycles. The molecule has 0 N–H and O–H groups in total. The van der Waals surface area contributed by atoms with Gasteiger partial charge in [-0.1, -0.05) is 5.57 Å². The molecule has 0 fully saturated rings. The summed E-state index contributed by atoms with van der Waals surface area (Å²) in [6.07, 6.45) is 3.40. The highest BCUT2D eigenvalue weighted by Crippen LogP contribution is 2.10. The van der Waals surface area contributed by atoms with Crippen molar-refractivity contribution in [3.63, 3.8) is 0 Å². The number of hydrogen-bond donors (Lipinski definition) is 0. The van der Waals surface area contributed by atoms with Crippen molar-refractivity contribution in [2.24, 2.45) is 5.18 Å². The van der Waals surface area contributed by atoms with Crippen LogP contribution in [0.2, 0.25) is 0 Å². The van der Waals surface area contributed by atoms with Crippen LogP contribution in [-0.4, -0.2) is 4.98 Å². The first kappa shape index (κ1) is 8.59. The number of nitroso groups, excluding NO2 is 1. The Kier molecular flexibility index (Phi) is 2.69. The molecule has 0 saturated heterocycles.